The first-order valence-corrected chi connectivity index (χ1v) is 7.01. The van der Waals surface area contributed by atoms with Gasteiger partial charge >= 0.3 is 0 Å². The van der Waals surface area contributed by atoms with Gasteiger partial charge in [-0.25, -0.2) is 0 Å². The highest BCUT2D eigenvalue weighted by molar-refractivity contribution is 5.85. The monoisotopic (exact) mass is 282 g/mol. The highest BCUT2D eigenvalue weighted by Crippen LogP contribution is 2.36. The predicted octanol–water partition coefficient (Wildman–Crippen LogP) is 4.09. The molecule has 0 radical (unpaired) electrons. The van der Waals surface area contributed by atoms with E-state index in [0.717, 1.165) is 18.3 Å². The van der Waals surface area contributed by atoms with Crippen molar-refractivity contribution in [3.8, 4) is 0 Å². The fourth-order valence-electron chi connectivity index (χ4n) is 2.93. The summed E-state index contributed by atoms with van der Waals surface area (Å²) in [4.78, 5) is 2.49. The van der Waals surface area contributed by atoms with Crippen LogP contribution in [-0.2, 0) is 6.54 Å². The number of benzene rings is 1. The molecular formula is C16H27ClN2. The first kappa shape index (κ1) is 16.3. The number of nitrogens with two attached hydrogens (primary N) is 1. The van der Waals surface area contributed by atoms with E-state index in [1.54, 1.807) is 0 Å². The Bertz CT molecular complexity index is 393. The highest BCUT2D eigenvalue weighted by Gasteiger charge is 2.28. The Hall–Kier alpha value is -0.730. The van der Waals surface area contributed by atoms with Gasteiger partial charge in [-0.15, -0.1) is 12.4 Å². The second-order valence-corrected chi connectivity index (χ2v) is 6.56. The largest absolute Gasteiger partial charge is 0.399 e. The van der Waals surface area contributed by atoms with E-state index in [4.69, 9.17) is 5.73 Å². The van der Waals surface area contributed by atoms with Gasteiger partial charge in [0.05, 0.1) is 0 Å². The second kappa shape index (κ2) is 6.62. The van der Waals surface area contributed by atoms with Gasteiger partial charge in [0.1, 0.15) is 0 Å². The van der Waals surface area contributed by atoms with Gasteiger partial charge in [-0.3, -0.25) is 4.90 Å². The Kier molecular flexibility index (Phi) is 5.69. The van der Waals surface area contributed by atoms with Crippen LogP contribution in [0.1, 0.15) is 45.1 Å². The van der Waals surface area contributed by atoms with Gasteiger partial charge in [0.15, 0.2) is 0 Å². The van der Waals surface area contributed by atoms with E-state index < -0.39 is 0 Å². The van der Waals surface area contributed by atoms with Crippen LogP contribution in [0.2, 0.25) is 0 Å². The molecule has 0 bridgehead atoms. The highest BCUT2D eigenvalue weighted by atomic mass is 35.5. The van der Waals surface area contributed by atoms with E-state index >= 15 is 0 Å². The molecule has 1 aromatic carbocycles. The number of halogens is 1. The Morgan fingerprint density at radius 2 is 1.89 bits per heavy atom. The Balaban J connectivity index is 0.00000180. The summed E-state index contributed by atoms with van der Waals surface area (Å²) in [7, 11) is 2.24. The zero-order valence-corrected chi connectivity index (χ0v) is 13.2. The van der Waals surface area contributed by atoms with Gasteiger partial charge in [0.2, 0.25) is 0 Å². The molecule has 0 unspecified atom stereocenters. The van der Waals surface area contributed by atoms with Crippen molar-refractivity contribution in [2.24, 2.45) is 5.41 Å². The molecular weight excluding hydrogens is 256 g/mol. The molecule has 0 amide bonds. The van der Waals surface area contributed by atoms with Gasteiger partial charge in [0.25, 0.3) is 0 Å². The second-order valence-electron chi connectivity index (χ2n) is 6.56. The maximum absolute atomic E-state index is 5.83. The van der Waals surface area contributed by atoms with Crippen molar-refractivity contribution >= 4 is 18.1 Å². The summed E-state index contributed by atoms with van der Waals surface area (Å²) in [6, 6.07) is 8.98. The number of nitrogen functional groups attached to an aromatic ring is 1. The first-order valence-electron chi connectivity index (χ1n) is 7.01. The lowest BCUT2D eigenvalue weighted by molar-refractivity contribution is 0.123. The first-order chi connectivity index (χ1) is 8.46. The molecule has 108 valence electrons. The molecule has 0 atom stereocenters. The lowest BCUT2D eigenvalue weighted by Crippen LogP contribution is -2.36. The molecule has 2 N–H and O–H groups in total. The molecule has 0 aromatic heterocycles. The van der Waals surface area contributed by atoms with E-state index in [1.807, 2.05) is 12.1 Å². The van der Waals surface area contributed by atoms with E-state index in [-0.39, 0.29) is 12.4 Å². The van der Waals surface area contributed by atoms with Crippen LogP contribution in [0, 0.1) is 5.41 Å². The zero-order valence-electron chi connectivity index (χ0n) is 12.4. The van der Waals surface area contributed by atoms with E-state index in [0.29, 0.717) is 5.41 Å². The number of rotatable bonds is 3. The molecule has 3 heteroatoms. The SMILES string of the molecule is CN(Cc1cccc(N)c1)C1CCC(C)(C)CC1.Cl. The van der Waals surface area contributed by atoms with Crippen molar-refractivity contribution in [2.75, 3.05) is 12.8 Å². The number of anilines is 1. The normalized spacial score (nSPS) is 19.2. The number of nitrogens with zero attached hydrogens (tertiary/aromatic N) is 1. The standard InChI is InChI=1S/C16H26N2.ClH/c1-16(2)9-7-15(8-10-16)18(3)12-13-5-4-6-14(17)11-13;/h4-6,11,15H,7-10,12,17H2,1-3H3;1H. The van der Waals surface area contributed by atoms with E-state index in [9.17, 15) is 0 Å². The summed E-state index contributed by atoms with van der Waals surface area (Å²) in [6.45, 7) is 5.79. The Morgan fingerprint density at radius 1 is 1.26 bits per heavy atom. The van der Waals surface area contributed by atoms with Gasteiger partial charge in [-0.05, 0) is 55.8 Å². The fourth-order valence-corrected chi connectivity index (χ4v) is 2.93. The fraction of sp³-hybridized carbons (Fsp3) is 0.625. The summed E-state index contributed by atoms with van der Waals surface area (Å²) in [5.41, 5.74) is 8.57. The van der Waals surface area contributed by atoms with Crippen molar-refractivity contribution in [2.45, 2.75) is 52.1 Å². The molecule has 0 aliphatic heterocycles. The molecule has 1 fully saturated rings. The van der Waals surface area contributed by atoms with Crippen molar-refractivity contribution < 1.29 is 0 Å². The topological polar surface area (TPSA) is 29.3 Å². The maximum atomic E-state index is 5.83. The predicted molar refractivity (Wildman–Crippen MR) is 85.6 cm³/mol. The number of hydrogen-bond donors (Lipinski definition) is 1. The molecule has 2 nitrogen and oxygen atoms in total. The third kappa shape index (κ3) is 4.70. The smallest absolute Gasteiger partial charge is 0.0317 e. The average molecular weight is 283 g/mol. The quantitative estimate of drug-likeness (QED) is 0.846. The Morgan fingerprint density at radius 3 is 2.47 bits per heavy atom. The van der Waals surface area contributed by atoms with Gasteiger partial charge in [0, 0.05) is 18.3 Å². The van der Waals surface area contributed by atoms with Gasteiger partial charge in [-0.2, -0.15) is 0 Å². The summed E-state index contributed by atoms with van der Waals surface area (Å²) in [5, 5.41) is 0. The number of hydrogen-bond acceptors (Lipinski definition) is 2. The minimum absolute atomic E-state index is 0. The zero-order chi connectivity index (χ0) is 13.2. The van der Waals surface area contributed by atoms with Gasteiger partial charge < -0.3 is 5.73 Å². The lowest BCUT2D eigenvalue weighted by atomic mass is 9.75. The molecule has 1 aliphatic carbocycles. The minimum Gasteiger partial charge on any atom is -0.399 e. The van der Waals surface area contributed by atoms with Crippen LogP contribution in [0.5, 0.6) is 0 Å². The van der Waals surface area contributed by atoms with E-state index in [1.165, 1.54) is 31.2 Å². The molecule has 0 spiro atoms. The lowest BCUT2D eigenvalue weighted by Gasteiger charge is -2.38. The van der Waals surface area contributed by atoms with Crippen LogP contribution in [0.15, 0.2) is 24.3 Å². The van der Waals surface area contributed by atoms with E-state index in [2.05, 4.69) is 37.9 Å². The van der Waals surface area contributed by atoms with Crippen LogP contribution in [0.3, 0.4) is 0 Å². The molecule has 0 heterocycles. The summed E-state index contributed by atoms with van der Waals surface area (Å²) >= 11 is 0. The Labute approximate surface area is 123 Å². The van der Waals surface area contributed by atoms with Crippen molar-refractivity contribution in [1.29, 1.82) is 0 Å². The molecule has 1 aliphatic rings. The van der Waals surface area contributed by atoms with Gasteiger partial charge in [-0.1, -0.05) is 26.0 Å². The molecule has 1 aromatic rings. The van der Waals surface area contributed by atoms with Crippen LogP contribution in [0.4, 0.5) is 5.69 Å². The van der Waals surface area contributed by atoms with Crippen LogP contribution in [-0.4, -0.2) is 18.0 Å². The van der Waals surface area contributed by atoms with Crippen molar-refractivity contribution in [1.82, 2.24) is 4.90 Å². The third-order valence-corrected chi connectivity index (χ3v) is 4.32. The average Bonchev–Trinajstić information content (AvgIpc) is 2.28. The third-order valence-electron chi connectivity index (χ3n) is 4.32. The summed E-state index contributed by atoms with van der Waals surface area (Å²) < 4.78 is 0. The molecule has 19 heavy (non-hydrogen) atoms. The minimum atomic E-state index is 0. The molecule has 2 rings (SSSR count). The van der Waals surface area contributed by atoms with Crippen LogP contribution >= 0.6 is 12.4 Å². The summed E-state index contributed by atoms with van der Waals surface area (Å²) in [6.07, 6.45) is 5.34. The van der Waals surface area contributed by atoms with Crippen molar-refractivity contribution in [3.63, 3.8) is 0 Å². The van der Waals surface area contributed by atoms with Crippen molar-refractivity contribution in [3.05, 3.63) is 29.8 Å². The van der Waals surface area contributed by atoms with Crippen LogP contribution < -0.4 is 5.73 Å². The molecule has 1 saturated carbocycles. The molecule has 0 saturated heterocycles. The van der Waals surface area contributed by atoms with Crippen LogP contribution in [0.25, 0.3) is 0 Å². The maximum Gasteiger partial charge on any atom is 0.0317 e. The summed E-state index contributed by atoms with van der Waals surface area (Å²) in [5.74, 6) is 0.